The zero-order chi connectivity index (χ0) is 18.1. The van der Waals surface area contributed by atoms with Crippen molar-refractivity contribution < 1.29 is 9.13 Å². The van der Waals surface area contributed by atoms with Crippen LogP contribution < -0.4 is 0 Å². The van der Waals surface area contributed by atoms with Crippen LogP contribution in [-0.2, 0) is 11.3 Å². The molecule has 0 aliphatic carbocycles. The van der Waals surface area contributed by atoms with E-state index in [1.165, 1.54) is 38.2 Å². The second-order valence-corrected chi connectivity index (χ2v) is 8.34. The van der Waals surface area contributed by atoms with Gasteiger partial charge in [-0.15, -0.1) is 0 Å². The first-order chi connectivity index (χ1) is 12.6. The van der Waals surface area contributed by atoms with Gasteiger partial charge in [-0.05, 0) is 62.1 Å². The highest BCUT2D eigenvalue weighted by Gasteiger charge is 2.40. The van der Waals surface area contributed by atoms with Gasteiger partial charge in [-0.25, -0.2) is 4.39 Å². The van der Waals surface area contributed by atoms with E-state index >= 15 is 0 Å². The maximum atomic E-state index is 13.6. The van der Waals surface area contributed by atoms with Crippen molar-refractivity contribution in [3.05, 3.63) is 30.2 Å². The molecule has 2 aliphatic rings. The van der Waals surface area contributed by atoms with E-state index in [0.717, 1.165) is 48.6 Å². The van der Waals surface area contributed by atoms with E-state index in [9.17, 15) is 4.39 Å². The maximum absolute atomic E-state index is 13.6. The molecule has 3 heterocycles. The molecule has 2 saturated heterocycles. The SMILES string of the molecule is COCCC1C[C@H]2CC[C@@H](C1)N2C[C@@H](C)Cn1ncc2ccc(F)cc21. The van der Waals surface area contributed by atoms with Crippen LogP contribution in [-0.4, -0.2) is 47.0 Å². The minimum atomic E-state index is -0.192. The molecule has 4 rings (SSSR count). The van der Waals surface area contributed by atoms with Crippen LogP contribution in [0.15, 0.2) is 24.4 Å². The van der Waals surface area contributed by atoms with Gasteiger partial charge in [0.25, 0.3) is 0 Å². The molecule has 0 N–H and O–H groups in total. The molecule has 26 heavy (non-hydrogen) atoms. The second kappa shape index (κ2) is 7.65. The molecular formula is C21H30FN3O. The molecule has 1 aromatic heterocycles. The molecule has 0 radical (unpaired) electrons. The summed E-state index contributed by atoms with van der Waals surface area (Å²) in [6, 6.07) is 6.39. The predicted molar refractivity (Wildman–Crippen MR) is 102 cm³/mol. The predicted octanol–water partition coefficient (Wildman–Crippen LogP) is 4.09. The molecule has 2 bridgehead atoms. The van der Waals surface area contributed by atoms with Gasteiger partial charge in [0.15, 0.2) is 0 Å². The number of hydrogen-bond donors (Lipinski definition) is 0. The molecule has 5 heteroatoms. The van der Waals surface area contributed by atoms with Crippen molar-refractivity contribution in [2.45, 2.75) is 57.7 Å². The lowest BCUT2D eigenvalue weighted by atomic mass is 9.88. The molecule has 0 amide bonds. The van der Waals surface area contributed by atoms with Gasteiger partial charge in [0.05, 0.1) is 11.7 Å². The molecule has 142 valence electrons. The van der Waals surface area contributed by atoms with Crippen molar-refractivity contribution in [3.8, 4) is 0 Å². The quantitative estimate of drug-likeness (QED) is 0.746. The average molecular weight is 359 g/mol. The van der Waals surface area contributed by atoms with Crippen molar-refractivity contribution in [3.63, 3.8) is 0 Å². The van der Waals surface area contributed by atoms with E-state index in [1.54, 1.807) is 13.2 Å². The Morgan fingerprint density at radius 1 is 1.23 bits per heavy atom. The summed E-state index contributed by atoms with van der Waals surface area (Å²) in [6.45, 7) is 5.14. The average Bonchev–Trinajstić information content (AvgIpc) is 3.10. The molecular weight excluding hydrogens is 329 g/mol. The van der Waals surface area contributed by atoms with Crippen molar-refractivity contribution in [1.29, 1.82) is 0 Å². The Bertz CT molecular complexity index is 732. The number of fused-ring (bicyclic) bond motifs is 3. The first kappa shape index (κ1) is 17.9. The van der Waals surface area contributed by atoms with Gasteiger partial charge >= 0.3 is 0 Å². The van der Waals surface area contributed by atoms with Gasteiger partial charge in [0.1, 0.15) is 5.82 Å². The summed E-state index contributed by atoms with van der Waals surface area (Å²) in [5.41, 5.74) is 0.901. The molecule has 0 saturated carbocycles. The summed E-state index contributed by atoms with van der Waals surface area (Å²) < 4.78 is 20.8. The third kappa shape index (κ3) is 3.65. The third-order valence-electron chi connectivity index (χ3n) is 6.33. The van der Waals surface area contributed by atoms with Crippen LogP contribution in [0.2, 0.25) is 0 Å². The topological polar surface area (TPSA) is 30.3 Å². The van der Waals surface area contributed by atoms with Crippen molar-refractivity contribution >= 4 is 10.9 Å². The lowest BCUT2D eigenvalue weighted by Crippen LogP contribution is -2.45. The van der Waals surface area contributed by atoms with Crippen LogP contribution in [0.25, 0.3) is 10.9 Å². The summed E-state index contributed by atoms with van der Waals surface area (Å²) in [5.74, 6) is 1.14. The number of ether oxygens (including phenoxy) is 1. The van der Waals surface area contributed by atoms with Crippen LogP contribution >= 0.6 is 0 Å². The Balaban J connectivity index is 1.38. The number of halogens is 1. The Morgan fingerprint density at radius 3 is 2.73 bits per heavy atom. The molecule has 1 unspecified atom stereocenters. The summed E-state index contributed by atoms with van der Waals surface area (Å²) in [4.78, 5) is 2.75. The normalized spacial score (nSPS) is 27.3. The fourth-order valence-corrected chi connectivity index (χ4v) is 5.11. The van der Waals surface area contributed by atoms with Crippen LogP contribution in [0.5, 0.6) is 0 Å². The van der Waals surface area contributed by atoms with Gasteiger partial charge in [0, 0.05) is 44.3 Å². The van der Waals surface area contributed by atoms with Gasteiger partial charge in [-0.3, -0.25) is 9.58 Å². The third-order valence-corrected chi connectivity index (χ3v) is 6.33. The van der Waals surface area contributed by atoms with Crippen molar-refractivity contribution in [2.75, 3.05) is 20.3 Å². The van der Waals surface area contributed by atoms with E-state index in [0.29, 0.717) is 5.92 Å². The first-order valence-corrected chi connectivity index (χ1v) is 9.99. The fourth-order valence-electron chi connectivity index (χ4n) is 5.11. The van der Waals surface area contributed by atoms with E-state index < -0.39 is 0 Å². The van der Waals surface area contributed by atoms with Gasteiger partial charge in [-0.1, -0.05) is 6.92 Å². The van der Waals surface area contributed by atoms with Gasteiger partial charge < -0.3 is 4.74 Å². The monoisotopic (exact) mass is 359 g/mol. The van der Waals surface area contributed by atoms with Gasteiger partial charge in [0.2, 0.25) is 0 Å². The Morgan fingerprint density at radius 2 is 2.00 bits per heavy atom. The van der Waals surface area contributed by atoms with E-state index in [-0.39, 0.29) is 5.82 Å². The van der Waals surface area contributed by atoms with Gasteiger partial charge in [-0.2, -0.15) is 5.10 Å². The number of aromatic nitrogens is 2. The summed E-state index contributed by atoms with van der Waals surface area (Å²) in [5, 5.41) is 5.50. The minimum Gasteiger partial charge on any atom is -0.385 e. The van der Waals surface area contributed by atoms with Crippen LogP contribution in [0, 0.1) is 17.7 Å². The molecule has 2 fully saturated rings. The fraction of sp³-hybridized carbons (Fsp3) is 0.667. The number of benzene rings is 1. The Kier molecular flexibility index (Phi) is 5.28. The number of methoxy groups -OCH3 is 1. The van der Waals surface area contributed by atoms with Crippen LogP contribution in [0.1, 0.15) is 39.0 Å². The van der Waals surface area contributed by atoms with Crippen molar-refractivity contribution in [2.24, 2.45) is 11.8 Å². The number of hydrogen-bond acceptors (Lipinski definition) is 3. The summed E-state index contributed by atoms with van der Waals surface area (Å²) >= 11 is 0. The zero-order valence-electron chi connectivity index (χ0n) is 15.9. The Labute approximate surface area is 155 Å². The first-order valence-electron chi connectivity index (χ1n) is 9.99. The highest BCUT2D eigenvalue weighted by molar-refractivity contribution is 5.78. The largest absolute Gasteiger partial charge is 0.385 e. The number of piperidine rings is 1. The van der Waals surface area contributed by atoms with E-state index in [4.69, 9.17) is 4.74 Å². The van der Waals surface area contributed by atoms with Crippen LogP contribution in [0.3, 0.4) is 0 Å². The number of rotatable bonds is 7. The highest BCUT2D eigenvalue weighted by Crippen LogP contribution is 2.40. The maximum Gasteiger partial charge on any atom is 0.125 e. The summed E-state index contributed by atoms with van der Waals surface area (Å²) in [7, 11) is 1.80. The second-order valence-electron chi connectivity index (χ2n) is 8.34. The van der Waals surface area contributed by atoms with Crippen molar-refractivity contribution in [1.82, 2.24) is 14.7 Å². The molecule has 4 nitrogen and oxygen atoms in total. The van der Waals surface area contributed by atoms with E-state index in [1.807, 2.05) is 16.9 Å². The van der Waals surface area contributed by atoms with Crippen LogP contribution in [0.4, 0.5) is 4.39 Å². The molecule has 0 spiro atoms. The smallest absolute Gasteiger partial charge is 0.125 e. The molecule has 1 aromatic carbocycles. The molecule has 4 atom stereocenters. The van der Waals surface area contributed by atoms with E-state index in [2.05, 4.69) is 16.9 Å². The standard InChI is InChI=1S/C21H30FN3O/c1-15(14-25-21-11-18(22)4-3-17(21)12-23-25)13-24-19-5-6-20(24)10-16(9-19)7-8-26-2/h3-4,11-12,15-16,19-20H,5-10,13-14H2,1-2H3/t15-,16?,19-,20+/m1/s1. The molecule has 2 aromatic rings. The highest BCUT2D eigenvalue weighted by atomic mass is 19.1. The summed E-state index contributed by atoms with van der Waals surface area (Å²) in [6.07, 6.45) is 8.38. The minimum absolute atomic E-state index is 0.192. The lowest BCUT2D eigenvalue weighted by molar-refractivity contribution is 0.0700. The Hall–Kier alpha value is -1.46. The lowest BCUT2D eigenvalue weighted by Gasteiger charge is -2.40. The molecule has 2 aliphatic heterocycles. The zero-order valence-corrected chi connectivity index (χ0v) is 15.9. The number of nitrogens with zero attached hydrogens (tertiary/aromatic N) is 3.